The van der Waals surface area contributed by atoms with E-state index in [4.69, 9.17) is 9.84 Å². The second-order valence-corrected chi connectivity index (χ2v) is 4.94. The largest absolute Gasteiger partial charge is 0.481 e. The van der Waals surface area contributed by atoms with E-state index < -0.39 is 12.1 Å². The Labute approximate surface area is 117 Å². The average molecular weight is 278 g/mol. The van der Waals surface area contributed by atoms with Gasteiger partial charge in [0.05, 0.1) is 5.69 Å². The number of aliphatic carboxylic acids is 1. The number of hydrogen-bond acceptors (Lipinski definition) is 4. The minimum Gasteiger partial charge on any atom is -0.481 e. The van der Waals surface area contributed by atoms with E-state index in [0.29, 0.717) is 17.9 Å². The van der Waals surface area contributed by atoms with Crippen molar-refractivity contribution in [1.29, 1.82) is 0 Å². The summed E-state index contributed by atoms with van der Waals surface area (Å²) in [5, 5.41) is 14.6. The molecular weight excluding hydrogens is 260 g/mol. The number of hydrogen-bond donors (Lipinski definition) is 3. The summed E-state index contributed by atoms with van der Waals surface area (Å²) in [6.07, 6.45) is 0.166. The van der Waals surface area contributed by atoms with Gasteiger partial charge >= 0.3 is 5.97 Å². The molecule has 2 rings (SSSR count). The lowest BCUT2D eigenvalue weighted by Gasteiger charge is -2.24. The van der Waals surface area contributed by atoms with E-state index in [-0.39, 0.29) is 18.4 Å². The maximum Gasteiger partial charge on any atom is 0.303 e. The number of benzene rings is 1. The zero-order valence-electron chi connectivity index (χ0n) is 11.5. The molecule has 1 heterocycles. The van der Waals surface area contributed by atoms with Crippen LogP contribution < -0.4 is 15.4 Å². The van der Waals surface area contributed by atoms with Gasteiger partial charge in [0.2, 0.25) is 0 Å². The highest BCUT2D eigenvalue weighted by Gasteiger charge is 2.23. The molecule has 0 aromatic heterocycles. The van der Waals surface area contributed by atoms with Crippen molar-refractivity contribution in [3.8, 4) is 5.75 Å². The minimum atomic E-state index is -0.807. The lowest BCUT2D eigenvalue weighted by molar-refractivity contribution is -0.137. The van der Waals surface area contributed by atoms with Gasteiger partial charge in [0.15, 0.2) is 6.10 Å². The molecule has 2 unspecified atom stereocenters. The van der Waals surface area contributed by atoms with Crippen molar-refractivity contribution in [1.82, 2.24) is 0 Å². The second-order valence-electron chi connectivity index (χ2n) is 4.94. The molecule has 20 heavy (non-hydrogen) atoms. The van der Waals surface area contributed by atoms with Crippen molar-refractivity contribution in [2.45, 2.75) is 38.8 Å². The predicted octanol–water partition coefficient (Wildman–Crippen LogP) is 2.07. The molecule has 1 amide bonds. The molecule has 108 valence electrons. The number of carbonyl (C=O) groups is 2. The summed E-state index contributed by atoms with van der Waals surface area (Å²) in [6.45, 7) is 3.61. The maximum absolute atomic E-state index is 11.5. The molecule has 2 atom stereocenters. The van der Waals surface area contributed by atoms with Crippen LogP contribution in [0.4, 0.5) is 11.4 Å². The molecule has 6 heteroatoms. The fourth-order valence-corrected chi connectivity index (χ4v) is 2.00. The van der Waals surface area contributed by atoms with Gasteiger partial charge in [-0.15, -0.1) is 0 Å². The zero-order valence-corrected chi connectivity index (χ0v) is 11.5. The van der Waals surface area contributed by atoms with Crippen LogP contribution in [0.5, 0.6) is 5.75 Å². The Morgan fingerprint density at radius 3 is 3.00 bits per heavy atom. The Balaban J connectivity index is 2.02. The van der Waals surface area contributed by atoms with Crippen LogP contribution in [-0.2, 0) is 9.59 Å². The quantitative estimate of drug-likeness (QED) is 0.767. The average Bonchev–Trinajstić information content (AvgIpc) is 2.38. The first-order chi connectivity index (χ1) is 9.45. The van der Waals surface area contributed by atoms with E-state index in [1.807, 2.05) is 13.0 Å². The third-order valence-electron chi connectivity index (χ3n) is 3.11. The van der Waals surface area contributed by atoms with Gasteiger partial charge in [-0.3, -0.25) is 9.59 Å². The van der Waals surface area contributed by atoms with Crippen LogP contribution in [0.3, 0.4) is 0 Å². The first kappa shape index (κ1) is 14.2. The second kappa shape index (κ2) is 5.81. The Bertz CT molecular complexity index is 530. The third kappa shape index (κ3) is 3.40. The summed E-state index contributed by atoms with van der Waals surface area (Å²) in [5.74, 6) is -0.340. The van der Waals surface area contributed by atoms with Gasteiger partial charge in [-0.25, -0.2) is 0 Å². The standard InChI is InChI=1S/C14H18N2O4/c1-8(3-6-13(17)18)15-10-4-5-12-11(7-10)16-14(19)9(2)20-12/h4-5,7-9,15H,3,6H2,1-2H3,(H,16,19)(H,17,18). The van der Waals surface area contributed by atoms with E-state index >= 15 is 0 Å². The summed E-state index contributed by atoms with van der Waals surface area (Å²) in [7, 11) is 0. The number of amides is 1. The predicted molar refractivity (Wildman–Crippen MR) is 75.1 cm³/mol. The molecule has 6 nitrogen and oxygen atoms in total. The van der Waals surface area contributed by atoms with Crippen LogP contribution in [0, 0.1) is 0 Å². The first-order valence-corrected chi connectivity index (χ1v) is 6.55. The van der Waals surface area contributed by atoms with Crippen molar-refractivity contribution < 1.29 is 19.4 Å². The van der Waals surface area contributed by atoms with E-state index in [9.17, 15) is 9.59 Å². The number of rotatable bonds is 5. The van der Waals surface area contributed by atoms with Gasteiger partial charge in [-0.1, -0.05) is 0 Å². The molecule has 0 fully saturated rings. The molecular formula is C14H18N2O4. The molecule has 1 aliphatic heterocycles. The van der Waals surface area contributed by atoms with Crippen LogP contribution in [0.15, 0.2) is 18.2 Å². The number of carboxylic acid groups (broad SMARTS) is 1. The molecule has 1 aromatic rings. The number of anilines is 2. The lowest BCUT2D eigenvalue weighted by Crippen LogP contribution is -2.34. The molecule has 1 aliphatic rings. The highest BCUT2D eigenvalue weighted by molar-refractivity contribution is 5.98. The minimum absolute atomic E-state index is 0.0308. The van der Waals surface area contributed by atoms with Crippen molar-refractivity contribution in [3.63, 3.8) is 0 Å². The van der Waals surface area contributed by atoms with E-state index in [2.05, 4.69) is 10.6 Å². The summed E-state index contributed by atoms with van der Waals surface area (Å²) >= 11 is 0. The number of ether oxygens (including phenoxy) is 1. The van der Waals surface area contributed by atoms with Gasteiger partial charge in [0.1, 0.15) is 5.75 Å². The summed E-state index contributed by atoms with van der Waals surface area (Å²) < 4.78 is 5.47. The van der Waals surface area contributed by atoms with Crippen LogP contribution in [-0.4, -0.2) is 29.1 Å². The maximum atomic E-state index is 11.5. The SMILES string of the molecule is CC(CCC(=O)O)Nc1ccc2c(c1)NC(=O)C(C)O2. The Kier molecular flexibility index (Phi) is 4.12. The van der Waals surface area contributed by atoms with Gasteiger partial charge in [-0.05, 0) is 38.5 Å². The van der Waals surface area contributed by atoms with Gasteiger partial charge in [-0.2, -0.15) is 0 Å². The molecule has 0 radical (unpaired) electrons. The van der Waals surface area contributed by atoms with Gasteiger partial charge in [0, 0.05) is 18.2 Å². The van der Waals surface area contributed by atoms with Crippen molar-refractivity contribution in [2.24, 2.45) is 0 Å². The van der Waals surface area contributed by atoms with Gasteiger partial charge < -0.3 is 20.5 Å². The highest BCUT2D eigenvalue weighted by atomic mass is 16.5. The lowest BCUT2D eigenvalue weighted by atomic mass is 10.1. The summed E-state index contributed by atoms with van der Waals surface area (Å²) in [5.41, 5.74) is 1.45. The molecule has 0 bridgehead atoms. The number of carbonyl (C=O) groups excluding carboxylic acids is 1. The zero-order chi connectivity index (χ0) is 14.7. The van der Waals surface area contributed by atoms with Gasteiger partial charge in [0.25, 0.3) is 5.91 Å². The summed E-state index contributed by atoms with van der Waals surface area (Å²) in [6, 6.07) is 5.46. The van der Waals surface area contributed by atoms with Crippen LogP contribution in [0.25, 0.3) is 0 Å². The molecule has 3 N–H and O–H groups in total. The molecule has 0 saturated heterocycles. The Morgan fingerprint density at radius 1 is 1.55 bits per heavy atom. The van der Waals surface area contributed by atoms with Crippen molar-refractivity contribution in [3.05, 3.63) is 18.2 Å². The normalized spacial score (nSPS) is 18.5. The van der Waals surface area contributed by atoms with Crippen LogP contribution in [0.1, 0.15) is 26.7 Å². The van der Waals surface area contributed by atoms with Crippen LogP contribution in [0.2, 0.25) is 0 Å². The Morgan fingerprint density at radius 2 is 2.30 bits per heavy atom. The van der Waals surface area contributed by atoms with Crippen LogP contribution >= 0.6 is 0 Å². The fourth-order valence-electron chi connectivity index (χ4n) is 2.00. The highest BCUT2D eigenvalue weighted by Crippen LogP contribution is 2.32. The first-order valence-electron chi connectivity index (χ1n) is 6.55. The Hall–Kier alpha value is -2.24. The molecule has 0 saturated carbocycles. The summed E-state index contributed by atoms with van der Waals surface area (Å²) in [4.78, 5) is 22.1. The smallest absolute Gasteiger partial charge is 0.303 e. The monoisotopic (exact) mass is 278 g/mol. The number of carboxylic acids is 1. The molecule has 1 aromatic carbocycles. The van der Waals surface area contributed by atoms with E-state index in [0.717, 1.165) is 5.69 Å². The topological polar surface area (TPSA) is 87.7 Å². The number of fused-ring (bicyclic) bond motifs is 1. The molecule has 0 spiro atoms. The third-order valence-corrected chi connectivity index (χ3v) is 3.11. The van der Waals surface area contributed by atoms with Crippen molar-refractivity contribution >= 4 is 23.3 Å². The van der Waals surface area contributed by atoms with E-state index in [1.54, 1.807) is 19.1 Å². The van der Waals surface area contributed by atoms with E-state index in [1.165, 1.54) is 0 Å². The number of nitrogens with one attached hydrogen (secondary N) is 2. The molecule has 0 aliphatic carbocycles. The van der Waals surface area contributed by atoms with Crippen molar-refractivity contribution in [2.75, 3.05) is 10.6 Å². The fraction of sp³-hybridized carbons (Fsp3) is 0.429.